The highest BCUT2D eigenvalue weighted by Gasteiger charge is 2.43. The Morgan fingerprint density at radius 3 is 2.76 bits per heavy atom. The lowest BCUT2D eigenvalue weighted by Crippen LogP contribution is -2.41. The molecule has 0 aromatic heterocycles. The van der Waals surface area contributed by atoms with Gasteiger partial charge < -0.3 is 14.8 Å². The normalized spacial score (nSPS) is 23.8. The molecule has 1 atom stereocenters. The molecule has 1 unspecified atom stereocenters. The van der Waals surface area contributed by atoms with Crippen LogP contribution in [0.2, 0.25) is 0 Å². The highest BCUT2D eigenvalue weighted by atomic mass is 32.2. The van der Waals surface area contributed by atoms with Gasteiger partial charge in [0.1, 0.15) is 0 Å². The van der Waals surface area contributed by atoms with Crippen molar-refractivity contribution in [1.82, 2.24) is 5.32 Å². The first-order valence-corrected chi connectivity index (χ1v) is 8.03. The zero-order chi connectivity index (χ0) is 15.1. The fourth-order valence-corrected chi connectivity index (χ4v) is 3.78. The minimum absolute atomic E-state index is 0.123. The molecule has 1 aromatic carbocycles. The van der Waals surface area contributed by atoms with Gasteiger partial charge in [-0.25, -0.2) is 8.42 Å². The molecule has 0 amide bonds. The fourth-order valence-electron chi connectivity index (χ4n) is 2.34. The van der Waals surface area contributed by atoms with Gasteiger partial charge in [0.2, 0.25) is 10.0 Å². The first-order chi connectivity index (χ1) is 9.86. The third-order valence-electron chi connectivity index (χ3n) is 3.35. The van der Waals surface area contributed by atoms with Crippen molar-refractivity contribution >= 4 is 15.7 Å². The van der Waals surface area contributed by atoms with Gasteiger partial charge in [-0.2, -0.15) is 0 Å². The van der Waals surface area contributed by atoms with Gasteiger partial charge in [0.15, 0.2) is 11.5 Å². The molecule has 2 N–H and O–H groups in total. The molecule has 21 heavy (non-hydrogen) atoms. The van der Waals surface area contributed by atoms with Gasteiger partial charge in [0, 0.05) is 12.6 Å². The van der Waals surface area contributed by atoms with E-state index in [-0.39, 0.29) is 17.2 Å². The monoisotopic (exact) mass is 320 g/mol. The van der Waals surface area contributed by atoms with Gasteiger partial charge in [0.25, 0.3) is 0 Å². The van der Waals surface area contributed by atoms with E-state index in [1.54, 1.807) is 0 Å². The van der Waals surface area contributed by atoms with Crippen molar-refractivity contribution in [3.05, 3.63) is 18.2 Å². The Hall–Kier alpha value is -1.61. The van der Waals surface area contributed by atoms with Crippen LogP contribution in [0.5, 0.6) is 11.5 Å². The predicted octanol–water partition coefficient (Wildman–Crippen LogP) is 1.50. The maximum atomic E-state index is 12.9. The van der Waals surface area contributed by atoms with Crippen LogP contribution >= 0.6 is 0 Å². The second-order valence-electron chi connectivity index (χ2n) is 4.94. The predicted molar refractivity (Wildman–Crippen MR) is 71.1 cm³/mol. The van der Waals surface area contributed by atoms with Crippen molar-refractivity contribution in [1.29, 1.82) is 0 Å². The topological polar surface area (TPSA) is 76.7 Å². The summed E-state index contributed by atoms with van der Waals surface area (Å²) in [5.74, 6) is -0.316. The smallest absolute Gasteiger partial charge is 0.395 e. The third kappa shape index (κ3) is 3.03. The summed E-state index contributed by atoms with van der Waals surface area (Å²) in [7, 11) is -3.58. The second kappa shape index (κ2) is 4.99. The number of sulfonamides is 1. The summed E-state index contributed by atoms with van der Waals surface area (Å²) in [6.07, 6.45) is -2.38. The highest BCUT2D eigenvalue weighted by molar-refractivity contribution is 7.93. The number of hydrogen-bond acceptors (Lipinski definition) is 5. The van der Waals surface area contributed by atoms with Gasteiger partial charge in [-0.1, -0.05) is 0 Å². The number of halogens is 2. The van der Waals surface area contributed by atoms with Crippen LogP contribution < -0.4 is 19.5 Å². The minimum Gasteiger partial charge on any atom is -0.395 e. The Morgan fingerprint density at radius 2 is 2.05 bits per heavy atom. The molecule has 3 rings (SSSR count). The number of nitrogens with one attached hydrogen (secondary N) is 2. The molecule has 1 saturated heterocycles. The summed E-state index contributed by atoms with van der Waals surface area (Å²) >= 11 is 0. The second-order valence-corrected chi connectivity index (χ2v) is 6.91. The third-order valence-corrected chi connectivity index (χ3v) is 5.15. The van der Waals surface area contributed by atoms with E-state index in [1.165, 1.54) is 18.2 Å². The average Bonchev–Trinajstić information content (AvgIpc) is 2.72. The van der Waals surface area contributed by atoms with Crippen molar-refractivity contribution in [3.63, 3.8) is 0 Å². The maximum Gasteiger partial charge on any atom is 0.586 e. The van der Waals surface area contributed by atoms with Crippen LogP contribution in [0.25, 0.3) is 0 Å². The van der Waals surface area contributed by atoms with E-state index in [0.717, 1.165) is 13.0 Å². The first-order valence-electron chi connectivity index (χ1n) is 6.48. The number of anilines is 1. The molecule has 1 aromatic rings. The Labute approximate surface area is 120 Å². The number of alkyl halides is 2. The molecule has 6 nitrogen and oxygen atoms in total. The largest absolute Gasteiger partial charge is 0.586 e. The van der Waals surface area contributed by atoms with E-state index in [1.807, 2.05) is 0 Å². The number of benzene rings is 1. The molecule has 0 spiro atoms. The molecule has 0 bridgehead atoms. The summed E-state index contributed by atoms with van der Waals surface area (Å²) in [5.41, 5.74) is 0.167. The zero-order valence-corrected chi connectivity index (χ0v) is 11.8. The molecule has 2 heterocycles. The van der Waals surface area contributed by atoms with Crippen molar-refractivity contribution in [3.8, 4) is 11.5 Å². The van der Waals surface area contributed by atoms with Crippen LogP contribution in [0.15, 0.2) is 18.2 Å². The number of piperidine rings is 1. The zero-order valence-electron chi connectivity index (χ0n) is 10.9. The highest BCUT2D eigenvalue weighted by Crippen LogP contribution is 2.42. The molecular weight excluding hydrogens is 306 g/mol. The summed E-state index contributed by atoms with van der Waals surface area (Å²) in [6, 6.07) is 3.79. The molecule has 116 valence electrons. The van der Waals surface area contributed by atoms with Crippen LogP contribution in [0, 0.1) is 0 Å². The van der Waals surface area contributed by atoms with E-state index in [0.29, 0.717) is 13.0 Å². The van der Waals surface area contributed by atoms with Crippen molar-refractivity contribution in [2.45, 2.75) is 24.4 Å². The Kier molecular flexibility index (Phi) is 3.40. The molecule has 2 aliphatic heterocycles. The van der Waals surface area contributed by atoms with Crippen LogP contribution in [-0.2, 0) is 10.0 Å². The van der Waals surface area contributed by atoms with Crippen LogP contribution in [0.1, 0.15) is 12.8 Å². The van der Waals surface area contributed by atoms with E-state index in [4.69, 9.17) is 0 Å². The molecule has 0 saturated carbocycles. The Balaban J connectivity index is 1.77. The quantitative estimate of drug-likeness (QED) is 0.883. The van der Waals surface area contributed by atoms with Gasteiger partial charge in [0.05, 0.1) is 10.9 Å². The molecular formula is C12H14F2N2O4S. The van der Waals surface area contributed by atoms with Crippen LogP contribution in [0.3, 0.4) is 0 Å². The molecule has 0 radical (unpaired) electrons. The van der Waals surface area contributed by atoms with Gasteiger partial charge in [-0.15, -0.1) is 8.78 Å². The number of fused-ring (bicyclic) bond motifs is 1. The molecule has 0 aliphatic carbocycles. The average molecular weight is 320 g/mol. The van der Waals surface area contributed by atoms with Crippen molar-refractivity contribution in [2.75, 3.05) is 17.8 Å². The molecule has 9 heteroatoms. The van der Waals surface area contributed by atoms with Gasteiger partial charge >= 0.3 is 6.29 Å². The first kappa shape index (κ1) is 14.3. The van der Waals surface area contributed by atoms with E-state index in [2.05, 4.69) is 19.5 Å². The summed E-state index contributed by atoms with van der Waals surface area (Å²) in [5, 5.41) is 2.47. The number of rotatable bonds is 3. The van der Waals surface area contributed by atoms with E-state index in [9.17, 15) is 17.2 Å². The number of ether oxygens (including phenoxy) is 2. The lowest BCUT2D eigenvalue weighted by atomic mass is 10.2. The fraction of sp³-hybridized carbons (Fsp3) is 0.500. The lowest BCUT2D eigenvalue weighted by Gasteiger charge is -2.23. The van der Waals surface area contributed by atoms with Crippen molar-refractivity contribution in [2.24, 2.45) is 0 Å². The Morgan fingerprint density at radius 1 is 1.29 bits per heavy atom. The van der Waals surface area contributed by atoms with E-state index < -0.39 is 21.6 Å². The summed E-state index contributed by atoms with van der Waals surface area (Å²) in [4.78, 5) is 0. The van der Waals surface area contributed by atoms with Crippen LogP contribution in [0.4, 0.5) is 14.5 Å². The maximum absolute atomic E-state index is 12.9. The van der Waals surface area contributed by atoms with E-state index >= 15 is 0 Å². The standard InChI is InChI=1S/C12H14F2N2O4S/c13-12(14)19-10-4-3-8(6-11(10)20-12)16-21(17,18)9-2-1-5-15-7-9/h3-4,6,9,15-16H,1-2,5,7H2. The summed E-state index contributed by atoms with van der Waals surface area (Å²) in [6.45, 7) is 1.17. The SMILES string of the molecule is O=S(=O)(Nc1ccc2c(c1)OC(F)(F)O2)C1CCCNC1. The van der Waals surface area contributed by atoms with Gasteiger partial charge in [-0.3, -0.25) is 4.72 Å². The number of hydrogen-bond donors (Lipinski definition) is 2. The van der Waals surface area contributed by atoms with Crippen LogP contribution in [-0.4, -0.2) is 33.1 Å². The minimum atomic E-state index is -3.72. The van der Waals surface area contributed by atoms with Gasteiger partial charge in [-0.05, 0) is 31.5 Å². The molecule has 1 fully saturated rings. The summed E-state index contributed by atoms with van der Waals surface area (Å²) < 4.78 is 61.2. The Bertz CT molecular complexity index is 645. The molecule has 2 aliphatic rings. The lowest BCUT2D eigenvalue weighted by molar-refractivity contribution is -0.286. The van der Waals surface area contributed by atoms with Crippen molar-refractivity contribution < 1.29 is 26.7 Å².